The Morgan fingerprint density at radius 3 is 2.33 bits per heavy atom. The van der Waals surface area contributed by atoms with E-state index in [-0.39, 0.29) is 17.0 Å². The van der Waals surface area contributed by atoms with Crippen LogP contribution in [0.3, 0.4) is 0 Å². The van der Waals surface area contributed by atoms with Gasteiger partial charge in [0, 0.05) is 23.1 Å². The molecular formula is C15H22N2O3S. The summed E-state index contributed by atoms with van der Waals surface area (Å²) in [5, 5.41) is 14.1. The minimum atomic E-state index is -1.13. The number of nitro groups is 1. The predicted molar refractivity (Wildman–Crippen MR) is 83.8 cm³/mol. The Bertz CT molecular complexity index is 504. The molecule has 5 nitrogen and oxygen atoms in total. The van der Waals surface area contributed by atoms with Gasteiger partial charge in [0.15, 0.2) is 0 Å². The summed E-state index contributed by atoms with van der Waals surface area (Å²) in [5.74, 6) is 0. The molecule has 21 heavy (non-hydrogen) atoms. The molecule has 0 aromatic heterocycles. The van der Waals surface area contributed by atoms with E-state index in [1.165, 1.54) is 31.4 Å². The van der Waals surface area contributed by atoms with Gasteiger partial charge in [-0.15, -0.1) is 0 Å². The largest absolute Gasteiger partial charge is 0.316 e. The minimum absolute atomic E-state index is 0.0404. The number of hydrogen-bond donors (Lipinski definition) is 1. The van der Waals surface area contributed by atoms with Crippen molar-refractivity contribution < 1.29 is 9.13 Å². The maximum atomic E-state index is 12.8. The highest BCUT2D eigenvalue weighted by Gasteiger charge is 2.27. The van der Waals surface area contributed by atoms with Gasteiger partial charge in [0.1, 0.15) is 0 Å². The van der Waals surface area contributed by atoms with Crippen LogP contribution in [0.15, 0.2) is 29.2 Å². The molecule has 6 heteroatoms. The van der Waals surface area contributed by atoms with Gasteiger partial charge in [0.05, 0.1) is 21.0 Å². The van der Waals surface area contributed by atoms with Crippen LogP contribution in [0.4, 0.5) is 5.69 Å². The lowest BCUT2D eigenvalue weighted by Gasteiger charge is -2.28. The molecule has 2 rings (SSSR count). The highest BCUT2D eigenvalue weighted by atomic mass is 32.2. The number of hydrogen-bond acceptors (Lipinski definition) is 4. The average Bonchev–Trinajstić information content (AvgIpc) is 2.47. The smallest absolute Gasteiger partial charge is 0.269 e. The monoisotopic (exact) mass is 310 g/mol. The van der Waals surface area contributed by atoms with E-state index in [0.29, 0.717) is 4.90 Å². The third-order valence-electron chi connectivity index (χ3n) is 4.13. The number of nitrogens with one attached hydrogen (secondary N) is 1. The van der Waals surface area contributed by atoms with Crippen LogP contribution in [0.25, 0.3) is 0 Å². The van der Waals surface area contributed by atoms with Crippen molar-refractivity contribution in [2.75, 3.05) is 7.05 Å². The summed E-state index contributed by atoms with van der Waals surface area (Å²) in [7, 11) is 0.798. The van der Waals surface area contributed by atoms with E-state index in [1.54, 1.807) is 12.1 Å². The number of benzene rings is 1. The molecule has 0 amide bonds. The maximum absolute atomic E-state index is 12.8. The Hall–Kier alpha value is -1.27. The van der Waals surface area contributed by atoms with Gasteiger partial charge >= 0.3 is 0 Å². The molecule has 116 valence electrons. The van der Waals surface area contributed by atoms with Crippen molar-refractivity contribution in [2.45, 2.75) is 54.7 Å². The summed E-state index contributed by atoms with van der Waals surface area (Å²) in [6, 6.07) is 6.37. The first kappa shape index (κ1) is 16.1. The van der Waals surface area contributed by atoms with Gasteiger partial charge in [-0.3, -0.25) is 14.3 Å². The Morgan fingerprint density at radius 2 is 1.76 bits per heavy atom. The van der Waals surface area contributed by atoms with Crippen molar-refractivity contribution >= 4 is 16.5 Å². The van der Waals surface area contributed by atoms with Crippen molar-refractivity contribution in [3.63, 3.8) is 0 Å². The molecule has 0 aliphatic heterocycles. The number of nitro benzene ring substituents is 1. The lowest BCUT2D eigenvalue weighted by molar-refractivity contribution is -0.384. The SMILES string of the molecule is CNC1CCCCCCC1S(=O)c1ccc([N+](=O)[O-])cc1. The van der Waals surface area contributed by atoms with E-state index >= 15 is 0 Å². The van der Waals surface area contributed by atoms with Crippen LogP contribution in [-0.2, 0) is 10.8 Å². The molecule has 1 N–H and O–H groups in total. The van der Waals surface area contributed by atoms with Crippen LogP contribution >= 0.6 is 0 Å². The Morgan fingerprint density at radius 1 is 1.14 bits per heavy atom. The standard InChI is InChI=1S/C15H22N2O3S/c1-16-14-6-4-2-3-5-7-15(14)21(20)13-10-8-12(9-11-13)17(18)19/h8-11,14-16H,2-7H2,1H3. The van der Waals surface area contributed by atoms with Crippen molar-refractivity contribution in [1.82, 2.24) is 5.32 Å². The van der Waals surface area contributed by atoms with E-state index in [9.17, 15) is 14.3 Å². The van der Waals surface area contributed by atoms with Crippen LogP contribution < -0.4 is 5.32 Å². The zero-order chi connectivity index (χ0) is 15.2. The van der Waals surface area contributed by atoms with Crippen molar-refractivity contribution in [2.24, 2.45) is 0 Å². The van der Waals surface area contributed by atoms with E-state index in [4.69, 9.17) is 0 Å². The fourth-order valence-electron chi connectivity index (χ4n) is 2.91. The second kappa shape index (κ2) is 7.66. The maximum Gasteiger partial charge on any atom is 0.269 e. The molecule has 1 aliphatic rings. The summed E-state index contributed by atoms with van der Waals surface area (Å²) in [6.45, 7) is 0. The quantitative estimate of drug-likeness (QED) is 0.685. The number of nitrogens with zero attached hydrogens (tertiary/aromatic N) is 1. The zero-order valence-electron chi connectivity index (χ0n) is 12.3. The second-order valence-electron chi connectivity index (χ2n) is 5.47. The summed E-state index contributed by atoms with van der Waals surface area (Å²) >= 11 is 0. The zero-order valence-corrected chi connectivity index (χ0v) is 13.1. The minimum Gasteiger partial charge on any atom is -0.316 e. The van der Waals surface area contributed by atoms with E-state index < -0.39 is 15.7 Å². The van der Waals surface area contributed by atoms with Crippen LogP contribution in [0.2, 0.25) is 0 Å². The molecule has 1 aliphatic carbocycles. The van der Waals surface area contributed by atoms with E-state index in [0.717, 1.165) is 19.3 Å². The van der Waals surface area contributed by atoms with Gasteiger partial charge in [0.25, 0.3) is 5.69 Å². The third-order valence-corrected chi connectivity index (χ3v) is 5.98. The molecule has 0 saturated heterocycles. The highest BCUT2D eigenvalue weighted by Crippen LogP contribution is 2.26. The molecule has 0 bridgehead atoms. The highest BCUT2D eigenvalue weighted by molar-refractivity contribution is 7.85. The van der Waals surface area contributed by atoms with Crippen molar-refractivity contribution in [3.05, 3.63) is 34.4 Å². The molecule has 3 unspecified atom stereocenters. The van der Waals surface area contributed by atoms with Gasteiger partial charge in [-0.25, -0.2) is 0 Å². The molecule has 3 atom stereocenters. The van der Waals surface area contributed by atoms with Gasteiger partial charge in [-0.2, -0.15) is 0 Å². The Kier molecular flexibility index (Phi) is 5.87. The fraction of sp³-hybridized carbons (Fsp3) is 0.600. The first-order chi connectivity index (χ1) is 10.1. The van der Waals surface area contributed by atoms with Crippen LogP contribution in [0.1, 0.15) is 38.5 Å². The van der Waals surface area contributed by atoms with Gasteiger partial charge in [0.2, 0.25) is 0 Å². The van der Waals surface area contributed by atoms with Crippen LogP contribution in [0.5, 0.6) is 0 Å². The lowest BCUT2D eigenvalue weighted by atomic mass is 9.96. The van der Waals surface area contributed by atoms with Gasteiger partial charge in [-0.05, 0) is 32.0 Å². The molecule has 0 heterocycles. The topological polar surface area (TPSA) is 72.2 Å². The Balaban J connectivity index is 2.16. The van der Waals surface area contributed by atoms with Gasteiger partial charge in [-0.1, -0.05) is 25.7 Å². The Labute approximate surface area is 127 Å². The third kappa shape index (κ3) is 4.11. The molecule has 1 aromatic carbocycles. The van der Waals surface area contributed by atoms with E-state index in [2.05, 4.69) is 5.32 Å². The molecule has 0 spiro atoms. The summed E-state index contributed by atoms with van der Waals surface area (Å²) in [5.41, 5.74) is 0.0404. The van der Waals surface area contributed by atoms with Crippen molar-refractivity contribution in [1.29, 1.82) is 0 Å². The lowest BCUT2D eigenvalue weighted by Crippen LogP contribution is -2.41. The summed E-state index contributed by atoms with van der Waals surface area (Å²) in [4.78, 5) is 10.9. The fourth-order valence-corrected chi connectivity index (χ4v) is 4.62. The summed E-state index contributed by atoms with van der Waals surface area (Å²) < 4.78 is 12.8. The predicted octanol–water partition coefficient (Wildman–Crippen LogP) is 3.01. The van der Waals surface area contributed by atoms with Gasteiger partial charge < -0.3 is 5.32 Å². The molecular weight excluding hydrogens is 288 g/mol. The van der Waals surface area contributed by atoms with Crippen molar-refractivity contribution in [3.8, 4) is 0 Å². The summed E-state index contributed by atoms with van der Waals surface area (Å²) in [6.07, 6.45) is 6.69. The normalized spacial score (nSPS) is 24.8. The number of rotatable bonds is 4. The molecule has 1 aromatic rings. The molecule has 1 fully saturated rings. The first-order valence-corrected chi connectivity index (χ1v) is 8.67. The second-order valence-corrected chi connectivity index (χ2v) is 7.15. The van der Waals surface area contributed by atoms with Crippen LogP contribution in [0, 0.1) is 10.1 Å². The molecule has 0 radical (unpaired) electrons. The average molecular weight is 310 g/mol. The van der Waals surface area contributed by atoms with Crippen LogP contribution in [-0.4, -0.2) is 27.5 Å². The van der Waals surface area contributed by atoms with E-state index in [1.807, 2.05) is 7.05 Å². The molecule has 1 saturated carbocycles. The number of non-ortho nitro benzene ring substituents is 1. The first-order valence-electron chi connectivity index (χ1n) is 7.46.